The summed E-state index contributed by atoms with van der Waals surface area (Å²) < 4.78 is 5.39. The number of hydrogen-bond donors (Lipinski definition) is 2. The van der Waals surface area contributed by atoms with E-state index < -0.39 is 11.6 Å². The monoisotopic (exact) mass is 364 g/mol. The van der Waals surface area contributed by atoms with Gasteiger partial charge in [-0.05, 0) is 18.9 Å². The van der Waals surface area contributed by atoms with Crippen molar-refractivity contribution < 1.29 is 19.7 Å². The number of nitrogens with zero attached hydrogens (tertiary/aromatic N) is 2. The Morgan fingerprint density at radius 2 is 1.81 bits per heavy atom. The molecule has 0 aromatic heterocycles. The second kappa shape index (κ2) is 10.0. The van der Waals surface area contributed by atoms with E-state index in [0.29, 0.717) is 0 Å². The van der Waals surface area contributed by atoms with E-state index in [1.165, 1.54) is 0 Å². The average molecular weight is 364 g/mol. The molecule has 2 N–H and O–H groups in total. The summed E-state index contributed by atoms with van der Waals surface area (Å²) >= 11 is 0. The van der Waals surface area contributed by atoms with Gasteiger partial charge in [0.25, 0.3) is 0 Å². The van der Waals surface area contributed by atoms with E-state index in [1.54, 1.807) is 6.92 Å². The van der Waals surface area contributed by atoms with Gasteiger partial charge in [-0.3, -0.25) is 14.6 Å². The highest BCUT2D eigenvalue weighted by molar-refractivity contribution is 5.66. The van der Waals surface area contributed by atoms with Crippen LogP contribution in [0.2, 0.25) is 0 Å². The van der Waals surface area contributed by atoms with Crippen LogP contribution in [-0.4, -0.2) is 78.0 Å². The Hall–Kier alpha value is -1.47. The lowest BCUT2D eigenvalue weighted by atomic mass is 9.87. The van der Waals surface area contributed by atoms with Crippen LogP contribution in [0.15, 0.2) is 30.3 Å². The Morgan fingerprint density at radius 1 is 1.19 bits per heavy atom. The van der Waals surface area contributed by atoms with Crippen molar-refractivity contribution in [1.82, 2.24) is 9.80 Å². The third kappa shape index (κ3) is 5.51. The van der Waals surface area contributed by atoms with E-state index in [0.717, 1.165) is 57.9 Å². The van der Waals surface area contributed by atoms with Crippen LogP contribution >= 0.6 is 0 Å². The summed E-state index contributed by atoms with van der Waals surface area (Å²) in [5.74, 6) is -0.745. The smallest absolute Gasteiger partial charge is 0.303 e. The molecule has 0 amide bonds. The number of carboxylic acids is 1. The van der Waals surface area contributed by atoms with Crippen molar-refractivity contribution in [3.05, 3.63) is 35.9 Å². The molecule has 1 aromatic rings. The fourth-order valence-electron chi connectivity index (χ4n) is 3.53. The zero-order chi connectivity index (χ0) is 19.0. The first-order chi connectivity index (χ1) is 12.5. The van der Waals surface area contributed by atoms with E-state index in [9.17, 15) is 9.90 Å². The van der Waals surface area contributed by atoms with Gasteiger partial charge in [0.15, 0.2) is 0 Å². The predicted molar refractivity (Wildman–Crippen MR) is 101 cm³/mol. The molecule has 2 saturated heterocycles. The van der Waals surface area contributed by atoms with Gasteiger partial charge >= 0.3 is 5.97 Å². The second-order valence-corrected chi connectivity index (χ2v) is 6.95. The van der Waals surface area contributed by atoms with Gasteiger partial charge in [0.2, 0.25) is 0 Å². The lowest BCUT2D eigenvalue weighted by Gasteiger charge is -2.34. The first-order valence-electron chi connectivity index (χ1n) is 9.51. The van der Waals surface area contributed by atoms with Crippen molar-refractivity contribution in [2.45, 2.75) is 38.3 Å². The van der Waals surface area contributed by atoms with Crippen LogP contribution in [0.4, 0.5) is 0 Å². The van der Waals surface area contributed by atoms with E-state index in [4.69, 9.17) is 9.84 Å². The molecule has 0 saturated carbocycles. The first-order valence-corrected chi connectivity index (χ1v) is 9.51. The van der Waals surface area contributed by atoms with Crippen molar-refractivity contribution in [3.63, 3.8) is 0 Å². The third-order valence-electron chi connectivity index (χ3n) is 5.40. The number of ether oxygens (including phenoxy) is 1. The topological polar surface area (TPSA) is 73.2 Å². The molecular weight excluding hydrogens is 332 g/mol. The average Bonchev–Trinajstić information content (AvgIpc) is 2.98. The molecule has 0 bridgehead atoms. The van der Waals surface area contributed by atoms with Gasteiger partial charge in [0.05, 0.1) is 13.2 Å². The van der Waals surface area contributed by atoms with Crippen molar-refractivity contribution in [1.29, 1.82) is 0 Å². The second-order valence-electron chi connectivity index (χ2n) is 6.95. The van der Waals surface area contributed by atoms with Crippen LogP contribution in [0.3, 0.4) is 0 Å². The maximum atomic E-state index is 11.1. The van der Waals surface area contributed by atoms with Gasteiger partial charge in [0, 0.05) is 45.2 Å². The summed E-state index contributed by atoms with van der Waals surface area (Å²) in [6, 6.07) is 10.3. The minimum atomic E-state index is -0.745. The fourth-order valence-corrected chi connectivity index (χ4v) is 3.53. The number of rotatable bonds is 5. The van der Waals surface area contributed by atoms with E-state index in [-0.39, 0.29) is 12.5 Å². The van der Waals surface area contributed by atoms with Gasteiger partial charge in [-0.2, -0.15) is 0 Å². The summed E-state index contributed by atoms with van der Waals surface area (Å²) in [6.45, 7) is 10.6. The van der Waals surface area contributed by atoms with Gasteiger partial charge in [-0.25, -0.2) is 0 Å². The zero-order valence-electron chi connectivity index (χ0n) is 15.9. The Bertz CT molecular complexity index is 548. The maximum absolute atomic E-state index is 11.1. The molecule has 3 rings (SSSR count). The molecule has 6 nitrogen and oxygen atoms in total. The zero-order valence-corrected chi connectivity index (χ0v) is 15.9. The van der Waals surface area contributed by atoms with Gasteiger partial charge in [-0.1, -0.05) is 37.3 Å². The number of benzene rings is 1. The first kappa shape index (κ1) is 20.8. The number of carbonyl (C=O) groups is 1. The molecule has 2 aliphatic rings. The summed E-state index contributed by atoms with van der Waals surface area (Å²) in [7, 11) is 0. The van der Waals surface area contributed by atoms with Gasteiger partial charge in [-0.15, -0.1) is 0 Å². The number of morpholine rings is 1. The van der Waals surface area contributed by atoms with Crippen molar-refractivity contribution in [3.8, 4) is 0 Å². The summed E-state index contributed by atoms with van der Waals surface area (Å²) in [6.07, 6.45) is 1.04. The lowest BCUT2D eigenvalue weighted by molar-refractivity contribution is -0.136. The lowest BCUT2D eigenvalue weighted by Crippen LogP contribution is -2.45. The van der Waals surface area contributed by atoms with Crippen LogP contribution in [0.1, 0.15) is 32.3 Å². The molecule has 146 valence electrons. The normalized spacial score (nSPS) is 27.0. The number of carboxylic acid groups (broad SMARTS) is 1. The molecule has 2 fully saturated rings. The fraction of sp³-hybridized carbons (Fsp3) is 0.650. The minimum Gasteiger partial charge on any atom is -0.481 e. The Balaban J connectivity index is 0.000000431. The SMILES string of the molecule is CC1N(CCN2CCOCC2)CCC1(O)c1ccccc1.CCC(=O)O. The highest BCUT2D eigenvalue weighted by Gasteiger charge is 2.44. The molecule has 2 atom stereocenters. The van der Waals surface area contributed by atoms with Crippen molar-refractivity contribution in [2.75, 3.05) is 45.9 Å². The number of hydrogen-bond acceptors (Lipinski definition) is 5. The molecule has 0 aliphatic carbocycles. The third-order valence-corrected chi connectivity index (χ3v) is 5.40. The van der Waals surface area contributed by atoms with E-state index in [2.05, 4.69) is 16.7 Å². The van der Waals surface area contributed by atoms with Gasteiger partial charge < -0.3 is 14.9 Å². The molecule has 26 heavy (non-hydrogen) atoms. The predicted octanol–water partition coefficient (Wildman–Crippen LogP) is 1.78. The molecule has 0 spiro atoms. The Morgan fingerprint density at radius 3 is 2.38 bits per heavy atom. The minimum absolute atomic E-state index is 0.168. The van der Waals surface area contributed by atoms with Crippen molar-refractivity contribution >= 4 is 5.97 Å². The van der Waals surface area contributed by atoms with Crippen LogP contribution in [0, 0.1) is 0 Å². The highest BCUT2D eigenvalue weighted by Crippen LogP contribution is 2.37. The quantitative estimate of drug-likeness (QED) is 0.830. The largest absolute Gasteiger partial charge is 0.481 e. The van der Waals surface area contributed by atoms with E-state index >= 15 is 0 Å². The Labute approximate surface area is 156 Å². The van der Waals surface area contributed by atoms with Crippen LogP contribution in [0.25, 0.3) is 0 Å². The van der Waals surface area contributed by atoms with Crippen LogP contribution in [-0.2, 0) is 15.1 Å². The van der Waals surface area contributed by atoms with E-state index in [1.807, 2.05) is 30.3 Å². The molecule has 6 heteroatoms. The van der Waals surface area contributed by atoms with Crippen LogP contribution < -0.4 is 0 Å². The maximum Gasteiger partial charge on any atom is 0.303 e. The standard InChI is InChI=1S/C17H26N2O2.C3H6O2/c1-15-17(20,16-5-3-2-4-6-16)7-8-19(15)10-9-18-11-13-21-14-12-18;1-2-3(4)5/h2-6,15,20H,7-14H2,1H3;2H2,1H3,(H,4,5). The van der Waals surface area contributed by atoms with Crippen LogP contribution in [0.5, 0.6) is 0 Å². The Kier molecular flexibility index (Phi) is 8.03. The summed E-state index contributed by atoms with van der Waals surface area (Å²) in [4.78, 5) is 14.2. The molecular formula is C20H32N2O4. The highest BCUT2D eigenvalue weighted by atomic mass is 16.5. The molecule has 2 unspecified atom stereocenters. The molecule has 2 aliphatic heterocycles. The number of aliphatic carboxylic acids is 1. The summed E-state index contributed by atoms with van der Waals surface area (Å²) in [5.41, 5.74) is 0.345. The summed E-state index contributed by atoms with van der Waals surface area (Å²) in [5, 5.41) is 18.8. The molecule has 1 aromatic carbocycles. The number of likely N-dealkylation sites (tertiary alicyclic amines) is 1. The molecule has 2 heterocycles. The van der Waals surface area contributed by atoms with Gasteiger partial charge in [0.1, 0.15) is 5.60 Å². The molecule has 0 radical (unpaired) electrons. The van der Waals surface area contributed by atoms with Crippen molar-refractivity contribution in [2.24, 2.45) is 0 Å². The number of aliphatic hydroxyl groups is 1.